The van der Waals surface area contributed by atoms with Gasteiger partial charge in [0, 0.05) is 13.0 Å². The summed E-state index contributed by atoms with van der Waals surface area (Å²) in [7, 11) is 0. The Morgan fingerprint density at radius 1 is 1.31 bits per heavy atom. The van der Waals surface area contributed by atoms with Crippen LogP contribution in [0, 0.1) is 5.92 Å². The van der Waals surface area contributed by atoms with Crippen molar-refractivity contribution < 1.29 is 4.79 Å². The molecule has 2 nitrogen and oxygen atoms in total. The van der Waals surface area contributed by atoms with Crippen molar-refractivity contribution in [2.75, 3.05) is 6.54 Å². The number of hydrogen-bond acceptors (Lipinski definition) is 1. The van der Waals surface area contributed by atoms with Crippen LogP contribution in [0.1, 0.15) is 32.3 Å². The Balaban J connectivity index is 2.30. The van der Waals surface area contributed by atoms with Crippen LogP contribution in [0.15, 0.2) is 30.3 Å². The van der Waals surface area contributed by atoms with Gasteiger partial charge in [0.05, 0.1) is 0 Å². The molecule has 0 fully saturated rings. The first-order valence-corrected chi connectivity index (χ1v) is 6.03. The number of carbonyl (C=O) groups is 1. The van der Waals surface area contributed by atoms with E-state index in [1.165, 1.54) is 5.56 Å². The average Bonchev–Trinajstić information content (AvgIpc) is 2.27. The molecule has 1 unspecified atom stereocenters. The second kappa shape index (κ2) is 7.04. The molecule has 16 heavy (non-hydrogen) atoms. The van der Waals surface area contributed by atoms with Crippen LogP contribution >= 0.6 is 0 Å². The minimum Gasteiger partial charge on any atom is -0.356 e. The Bertz CT molecular complexity index is 308. The van der Waals surface area contributed by atoms with Gasteiger partial charge in [-0.25, -0.2) is 0 Å². The lowest BCUT2D eigenvalue weighted by atomic mass is 9.98. The van der Waals surface area contributed by atoms with Crippen LogP contribution in [0.4, 0.5) is 0 Å². The molecule has 0 radical (unpaired) electrons. The topological polar surface area (TPSA) is 29.1 Å². The molecular weight excluding hydrogens is 198 g/mol. The van der Waals surface area contributed by atoms with E-state index in [1.807, 2.05) is 18.2 Å². The fraction of sp³-hybridized carbons (Fsp3) is 0.500. The predicted molar refractivity (Wildman–Crippen MR) is 67.2 cm³/mol. The maximum absolute atomic E-state index is 11.5. The molecule has 0 heterocycles. The molecule has 1 aromatic carbocycles. The molecule has 0 aliphatic rings. The SMILES string of the molecule is CCCNC(=O)CC(C)Cc1ccccc1. The zero-order valence-electron chi connectivity index (χ0n) is 10.2. The van der Waals surface area contributed by atoms with Crippen molar-refractivity contribution in [3.05, 3.63) is 35.9 Å². The van der Waals surface area contributed by atoms with Gasteiger partial charge in [0.15, 0.2) is 0 Å². The highest BCUT2D eigenvalue weighted by Gasteiger charge is 2.08. The number of amides is 1. The molecule has 1 atom stereocenters. The molecule has 0 saturated heterocycles. The number of nitrogens with one attached hydrogen (secondary N) is 1. The summed E-state index contributed by atoms with van der Waals surface area (Å²) in [4.78, 5) is 11.5. The van der Waals surface area contributed by atoms with Gasteiger partial charge in [-0.05, 0) is 24.3 Å². The molecular formula is C14H21NO. The third-order valence-electron chi connectivity index (χ3n) is 2.53. The second-order valence-electron chi connectivity index (χ2n) is 4.35. The lowest BCUT2D eigenvalue weighted by Crippen LogP contribution is -2.26. The van der Waals surface area contributed by atoms with Gasteiger partial charge in [0.25, 0.3) is 0 Å². The fourth-order valence-electron chi connectivity index (χ4n) is 1.74. The monoisotopic (exact) mass is 219 g/mol. The van der Waals surface area contributed by atoms with Crippen molar-refractivity contribution in [1.29, 1.82) is 0 Å². The number of hydrogen-bond donors (Lipinski definition) is 1. The molecule has 1 amide bonds. The van der Waals surface area contributed by atoms with Crippen LogP contribution < -0.4 is 5.32 Å². The third-order valence-corrected chi connectivity index (χ3v) is 2.53. The summed E-state index contributed by atoms with van der Waals surface area (Å²) in [6.45, 7) is 4.98. The van der Waals surface area contributed by atoms with Gasteiger partial charge in [0.2, 0.25) is 5.91 Å². The lowest BCUT2D eigenvalue weighted by Gasteiger charge is -2.11. The van der Waals surface area contributed by atoms with Crippen LogP contribution in [0.5, 0.6) is 0 Å². The Kier molecular flexibility index (Phi) is 5.62. The quantitative estimate of drug-likeness (QED) is 0.783. The van der Waals surface area contributed by atoms with Gasteiger partial charge in [-0.2, -0.15) is 0 Å². The lowest BCUT2D eigenvalue weighted by molar-refractivity contribution is -0.121. The largest absolute Gasteiger partial charge is 0.356 e. The summed E-state index contributed by atoms with van der Waals surface area (Å²) in [6.07, 6.45) is 2.59. The highest BCUT2D eigenvalue weighted by Crippen LogP contribution is 2.11. The summed E-state index contributed by atoms with van der Waals surface area (Å²) in [5, 5.41) is 2.91. The van der Waals surface area contributed by atoms with Crippen molar-refractivity contribution in [3.63, 3.8) is 0 Å². The van der Waals surface area contributed by atoms with Crippen LogP contribution in [0.3, 0.4) is 0 Å². The highest BCUT2D eigenvalue weighted by atomic mass is 16.1. The van der Waals surface area contributed by atoms with E-state index in [-0.39, 0.29) is 5.91 Å². The van der Waals surface area contributed by atoms with E-state index in [9.17, 15) is 4.79 Å². The molecule has 0 aromatic heterocycles. The van der Waals surface area contributed by atoms with Gasteiger partial charge in [-0.1, -0.05) is 44.2 Å². The van der Waals surface area contributed by atoms with E-state index < -0.39 is 0 Å². The second-order valence-corrected chi connectivity index (χ2v) is 4.35. The fourth-order valence-corrected chi connectivity index (χ4v) is 1.74. The number of carbonyl (C=O) groups excluding carboxylic acids is 1. The van der Waals surface area contributed by atoms with Crippen LogP contribution in [-0.4, -0.2) is 12.5 Å². The first-order chi connectivity index (χ1) is 7.72. The molecule has 2 heteroatoms. The molecule has 0 spiro atoms. The maximum atomic E-state index is 11.5. The van der Waals surface area contributed by atoms with Crippen molar-refractivity contribution in [1.82, 2.24) is 5.32 Å². The van der Waals surface area contributed by atoms with E-state index in [2.05, 4.69) is 31.3 Å². The number of rotatable bonds is 6. The summed E-state index contributed by atoms with van der Waals surface area (Å²) in [6, 6.07) is 10.3. The van der Waals surface area contributed by atoms with Gasteiger partial charge < -0.3 is 5.32 Å². The van der Waals surface area contributed by atoms with Crippen LogP contribution in [0.2, 0.25) is 0 Å². The Labute approximate surface area is 98.1 Å². The van der Waals surface area contributed by atoms with Crippen LogP contribution in [0.25, 0.3) is 0 Å². The standard InChI is InChI=1S/C14H21NO/c1-3-9-15-14(16)11-12(2)10-13-7-5-4-6-8-13/h4-8,12H,3,9-11H2,1-2H3,(H,15,16). The molecule has 0 saturated carbocycles. The molecule has 0 aliphatic carbocycles. The molecule has 1 N–H and O–H groups in total. The first-order valence-electron chi connectivity index (χ1n) is 6.03. The normalized spacial score (nSPS) is 12.1. The molecule has 1 aromatic rings. The van der Waals surface area contributed by atoms with Gasteiger partial charge in [-0.3, -0.25) is 4.79 Å². The zero-order valence-corrected chi connectivity index (χ0v) is 10.2. The van der Waals surface area contributed by atoms with Crippen molar-refractivity contribution in [3.8, 4) is 0 Å². The molecule has 0 aliphatic heterocycles. The first kappa shape index (κ1) is 12.8. The predicted octanol–water partition coefficient (Wildman–Crippen LogP) is 2.78. The van der Waals surface area contributed by atoms with E-state index in [0.29, 0.717) is 12.3 Å². The molecule has 88 valence electrons. The van der Waals surface area contributed by atoms with E-state index in [4.69, 9.17) is 0 Å². The van der Waals surface area contributed by atoms with Crippen LogP contribution in [-0.2, 0) is 11.2 Å². The summed E-state index contributed by atoms with van der Waals surface area (Å²) in [5.74, 6) is 0.574. The minimum absolute atomic E-state index is 0.172. The van der Waals surface area contributed by atoms with E-state index in [0.717, 1.165) is 19.4 Å². The van der Waals surface area contributed by atoms with Gasteiger partial charge in [-0.15, -0.1) is 0 Å². The van der Waals surface area contributed by atoms with E-state index >= 15 is 0 Å². The molecule has 0 bridgehead atoms. The van der Waals surface area contributed by atoms with Crippen molar-refractivity contribution >= 4 is 5.91 Å². The van der Waals surface area contributed by atoms with Crippen molar-refractivity contribution in [2.24, 2.45) is 5.92 Å². The van der Waals surface area contributed by atoms with Crippen molar-refractivity contribution in [2.45, 2.75) is 33.1 Å². The summed E-state index contributed by atoms with van der Waals surface area (Å²) >= 11 is 0. The third kappa shape index (κ3) is 4.96. The summed E-state index contributed by atoms with van der Waals surface area (Å²) in [5.41, 5.74) is 1.30. The Morgan fingerprint density at radius 2 is 2.00 bits per heavy atom. The maximum Gasteiger partial charge on any atom is 0.220 e. The smallest absolute Gasteiger partial charge is 0.220 e. The van der Waals surface area contributed by atoms with Gasteiger partial charge in [0.1, 0.15) is 0 Å². The van der Waals surface area contributed by atoms with Gasteiger partial charge >= 0.3 is 0 Å². The average molecular weight is 219 g/mol. The minimum atomic E-state index is 0.172. The summed E-state index contributed by atoms with van der Waals surface area (Å²) < 4.78 is 0. The zero-order chi connectivity index (χ0) is 11.8. The van der Waals surface area contributed by atoms with E-state index in [1.54, 1.807) is 0 Å². The Hall–Kier alpha value is -1.31. The number of benzene rings is 1. The molecule has 1 rings (SSSR count). The Morgan fingerprint density at radius 3 is 2.62 bits per heavy atom. The highest BCUT2D eigenvalue weighted by molar-refractivity contribution is 5.76.